The number of thiophene rings is 1. The van der Waals surface area contributed by atoms with Crippen molar-refractivity contribution in [3.63, 3.8) is 0 Å². The van der Waals surface area contributed by atoms with E-state index in [1.807, 2.05) is 46.7 Å². The summed E-state index contributed by atoms with van der Waals surface area (Å²) in [5.74, 6) is 1.81. The molecule has 1 amide bonds. The van der Waals surface area contributed by atoms with Gasteiger partial charge in [0.15, 0.2) is 0 Å². The van der Waals surface area contributed by atoms with Crippen LogP contribution in [0.5, 0.6) is 5.75 Å². The van der Waals surface area contributed by atoms with Crippen LogP contribution in [0.25, 0.3) is 6.08 Å². The maximum Gasteiger partial charge on any atom is 0.247 e. The van der Waals surface area contributed by atoms with Crippen LogP contribution >= 0.6 is 39.0 Å². The minimum Gasteiger partial charge on any atom is -0.496 e. The van der Waals surface area contributed by atoms with E-state index in [0.29, 0.717) is 0 Å². The van der Waals surface area contributed by atoms with Gasteiger partial charge < -0.3 is 9.64 Å². The predicted octanol–water partition coefficient (Wildman–Crippen LogP) is 4.81. The van der Waals surface area contributed by atoms with Crippen LogP contribution in [0.2, 0.25) is 0 Å². The number of carbonyl (C=O) groups excluding carboxylic acids is 1. The lowest BCUT2D eigenvalue weighted by Crippen LogP contribution is -2.28. The first-order valence-corrected chi connectivity index (χ1v) is 9.88. The Morgan fingerprint density at radius 3 is 3.00 bits per heavy atom. The fourth-order valence-corrected chi connectivity index (χ4v) is 4.87. The van der Waals surface area contributed by atoms with Crippen molar-refractivity contribution in [1.82, 2.24) is 4.90 Å². The van der Waals surface area contributed by atoms with Gasteiger partial charge in [0.1, 0.15) is 11.1 Å². The summed E-state index contributed by atoms with van der Waals surface area (Å²) in [6.45, 7) is 0.770. The lowest BCUT2D eigenvalue weighted by molar-refractivity contribution is -0.126. The topological polar surface area (TPSA) is 29.5 Å². The van der Waals surface area contributed by atoms with Gasteiger partial charge in [-0.1, -0.05) is 12.1 Å². The summed E-state index contributed by atoms with van der Waals surface area (Å²) in [5.41, 5.74) is 1.11. The Labute approximate surface area is 152 Å². The van der Waals surface area contributed by atoms with Crippen molar-refractivity contribution < 1.29 is 9.53 Å². The summed E-state index contributed by atoms with van der Waals surface area (Å²) >= 11 is 6.94. The largest absolute Gasteiger partial charge is 0.496 e. The Kier molecular flexibility index (Phi) is 5.46. The zero-order chi connectivity index (χ0) is 16.2. The minimum absolute atomic E-state index is 0.0534. The Hall–Kier alpha value is -1.24. The van der Waals surface area contributed by atoms with Crippen molar-refractivity contribution in [3.8, 4) is 5.75 Å². The predicted molar refractivity (Wildman–Crippen MR) is 101 cm³/mol. The third kappa shape index (κ3) is 3.82. The molecule has 0 spiro atoms. The number of benzene rings is 1. The average Bonchev–Trinajstić information content (AvgIpc) is 3.24. The molecule has 23 heavy (non-hydrogen) atoms. The van der Waals surface area contributed by atoms with Gasteiger partial charge in [0.2, 0.25) is 5.91 Å². The van der Waals surface area contributed by atoms with Gasteiger partial charge in [-0.2, -0.15) is 0 Å². The van der Waals surface area contributed by atoms with Gasteiger partial charge in [0, 0.05) is 23.3 Å². The van der Waals surface area contributed by atoms with E-state index in [0.717, 1.165) is 33.0 Å². The van der Waals surface area contributed by atoms with Crippen LogP contribution in [0.15, 0.2) is 46.3 Å². The molecular formula is C17H16BrNO2S2. The molecule has 120 valence electrons. The molecule has 6 heteroatoms. The van der Waals surface area contributed by atoms with Gasteiger partial charge in [-0.05, 0) is 51.1 Å². The molecule has 0 N–H and O–H groups in total. The zero-order valence-electron chi connectivity index (χ0n) is 12.6. The maximum absolute atomic E-state index is 12.5. The standard InChI is InChI=1S/C17H16BrNO2S2/c1-21-15-6-4-12(11-14(15)18)17-19(8-10-23-17)16(20)7-5-13-3-2-9-22-13/h2-7,9,11,17H,8,10H2,1H3/b7-5+. The quantitative estimate of drug-likeness (QED) is 0.678. The molecule has 1 aromatic heterocycles. The molecule has 3 nitrogen and oxygen atoms in total. The van der Waals surface area contributed by atoms with Gasteiger partial charge in [0.25, 0.3) is 0 Å². The summed E-state index contributed by atoms with van der Waals surface area (Å²) in [7, 11) is 1.65. The highest BCUT2D eigenvalue weighted by atomic mass is 79.9. The van der Waals surface area contributed by atoms with Crippen LogP contribution in [0.3, 0.4) is 0 Å². The monoisotopic (exact) mass is 409 g/mol. The number of hydrogen-bond donors (Lipinski definition) is 0. The first-order valence-electron chi connectivity index (χ1n) is 7.16. The number of nitrogens with zero attached hydrogens (tertiary/aromatic N) is 1. The summed E-state index contributed by atoms with van der Waals surface area (Å²) < 4.78 is 6.18. The van der Waals surface area contributed by atoms with Crippen LogP contribution in [-0.2, 0) is 4.79 Å². The molecule has 1 atom stereocenters. The molecular weight excluding hydrogens is 394 g/mol. The number of ether oxygens (including phenoxy) is 1. The van der Waals surface area contributed by atoms with Crippen molar-refractivity contribution in [3.05, 3.63) is 56.7 Å². The second-order valence-corrected chi connectivity index (χ2v) is 8.02. The Balaban J connectivity index is 1.77. The average molecular weight is 410 g/mol. The lowest BCUT2D eigenvalue weighted by atomic mass is 10.2. The number of amides is 1. The Bertz CT molecular complexity index is 715. The number of rotatable bonds is 4. The summed E-state index contributed by atoms with van der Waals surface area (Å²) in [5, 5.41) is 2.06. The molecule has 0 aliphatic carbocycles. The van der Waals surface area contributed by atoms with Crippen LogP contribution in [-0.4, -0.2) is 30.2 Å². The van der Waals surface area contributed by atoms with E-state index >= 15 is 0 Å². The summed E-state index contributed by atoms with van der Waals surface area (Å²) in [6, 6.07) is 9.98. The summed E-state index contributed by atoms with van der Waals surface area (Å²) in [4.78, 5) is 15.5. The van der Waals surface area contributed by atoms with Crippen molar-refractivity contribution in [2.75, 3.05) is 19.4 Å². The van der Waals surface area contributed by atoms with Gasteiger partial charge in [-0.25, -0.2) is 0 Å². The number of methoxy groups -OCH3 is 1. The van der Waals surface area contributed by atoms with Crippen LogP contribution in [0.4, 0.5) is 0 Å². The van der Waals surface area contributed by atoms with Crippen molar-refractivity contribution in [2.45, 2.75) is 5.37 Å². The van der Waals surface area contributed by atoms with E-state index in [-0.39, 0.29) is 11.3 Å². The lowest BCUT2D eigenvalue weighted by Gasteiger charge is -2.23. The molecule has 2 aromatic rings. The van der Waals surface area contributed by atoms with Crippen LogP contribution in [0.1, 0.15) is 15.8 Å². The van der Waals surface area contributed by atoms with Gasteiger partial charge in [-0.3, -0.25) is 4.79 Å². The molecule has 0 bridgehead atoms. The number of hydrogen-bond acceptors (Lipinski definition) is 4. The van der Waals surface area contributed by atoms with E-state index in [1.165, 1.54) is 0 Å². The molecule has 2 heterocycles. The number of thioether (sulfide) groups is 1. The molecule has 1 aromatic carbocycles. The number of halogens is 1. The Morgan fingerprint density at radius 1 is 1.43 bits per heavy atom. The minimum atomic E-state index is 0.0534. The third-order valence-electron chi connectivity index (χ3n) is 3.57. The van der Waals surface area contributed by atoms with E-state index in [4.69, 9.17) is 4.74 Å². The maximum atomic E-state index is 12.5. The SMILES string of the molecule is COc1ccc(C2SCCN2C(=O)/C=C/c2cccs2)cc1Br. The van der Waals surface area contributed by atoms with Crippen LogP contribution in [0, 0.1) is 0 Å². The smallest absolute Gasteiger partial charge is 0.247 e. The summed E-state index contributed by atoms with van der Waals surface area (Å²) in [6.07, 6.45) is 3.56. The molecule has 1 saturated heterocycles. The van der Waals surface area contributed by atoms with Gasteiger partial charge >= 0.3 is 0 Å². The van der Waals surface area contributed by atoms with Crippen LogP contribution < -0.4 is 4.74 Å². The molecule has 1 aliphatic rings. The third-order valence-corrected chi connectivity index (χ3v) is 6.29. The second-order valence-electron chi connectivity index (χ2n) is 5.00. The first-order chi connectivity index (χ1) is 11.2. The molecule has 1 unspecified atom stereocenters. The van der Waals surface area contributed by atoms with Gasteiger partial charge in [0.05, 0.1) is 11.6 Å². The number of carbonyl (C=O) groups is 1. The second kappa shape index (κ2) is 7.55. The Morgan fingerprint density at radius 2 is 2.30 bits per heavy atom. The highest BCUT2D eigenvalue weighted by Gasteiger charge is 2.29. The van der Waals surface area contributed by atoms with Crippen molar-refractivity contribution in [2.24, 2.45) is 0 Å². The molecule has 1 fully saturated rings. The fraction of sp³-hybridized carbons (Fsp3) is 0.235. The highest BCUT2D eigenvalue weighted by Crippen LogP contribution is 2.40. The van der Waals surface area contributed by atoms with E-state index < -0.39 is 0 Å². The normalized spacial score (nSPS) is 17.8. The zero-order valence-corrected chi connectivity index (χ0v) is 15.8. The van der Waals surface area contributed by atoms with Crippen molar-refractivity contribution >= 4 is 51.0 Å². The van der Waals surface area contributed by atoms with E-state index in [2.05, 4.69) is 15.9 Å². The van der Waals surface area contributed by atoms with E-state index in [1.54, 1.807) is 36.3 Å². The highest BCUT2D eigenvalue weighted by molar-refractivity contribution is 9.10. The van der Waals surface area contributed by atoms with Crippen molar-refractivity contribution in [1.29, 1.82) is 0 Å². The molecule has 3 rings (SSSR count). The van der Waals surface area contributed by atoms with E-state index in [9.17, 15) is 4.79 Å². The fourth-order valence-electron chi connectivity index (χ4n) is 2.44. The molecule has 0 radical (unpaired) electrons. The first kappa shape index (κ1) is 16.6. The van der Waals surface area contributed by atoms with Gasteiger partial charge in [-0.15, -0.1) is 23.1 Å². The molecule has 0 saturated carbocycles. The molecule has 1 aliphatic heterocycles.